The fourth-order valence-corrected chi connectivity index (χ4v) is 3.91. The van der Waals surface area contributed by atoms with Crippen LogP contribution in [0.25, 0.3) is 17.0 Å². The third-order valence-electron chi connectivity index (χ3n) is 5.45. The SMILES string of the molecule is Cc1nc2c(C)cccn2c1CN1CCc2nc(-c3cccnc3)ncc2C1. The summed E-state index contributed by atoms with van der Waals surface area (Å²) in [7, 11) is 0. The highest BCUT2D eigenvalue weighted by Gasteiger charge is 2.21. The molecule has 4 aromatic rings. The molecular weight excluding hydrogens is 348 g/mol. The van der Waals surface area contributed by atoms with Gasteiger partial charge in [0.15, 0.2) is 5.82 Å². The average molecular weight is 370 g/mol. The topological polar surface area (TPSA) is 59.2 Å². The van der Waals surface area contributed by atoms with Gasteiger partial charge in [0.2, 0.25) is 0 Å². The fraction of sp³-hybridized carbons (Fsp3) is 0.273. The molecule has 0 N–H and O–H groups in total. The molecule has 0 aromatic carbocycles. The van der Waals surface area contributed by atoms with Crippen molar-refractivity contribution in [3.8, 4) is 11.4 Å². The Hall–Kier alpha value is -3.12. The molecule has 1 aliphatic heterocycles. The second-order valence-corrected chi connectivity index (χ2v) is 7.40. The van der Waals surface area contributed by atoms with Gasteiger partial charge in [-0.15, -0.1) is 0 Å². The molecule has 6 nitrogen and oxygen atoms in total. The Bertz CT molecular complexity index is 1150. The summed E-state index contributed by atoms with van der Waals surface area (Å²) in [6, 6.07) is 8.12. The van der Waals surface area contributed by atoms with Crippen molar-refractivity contribution >= 4 is 5.65 Å². The quantitative estimate of drug-likeness (QED) is 0.553. The van der Waals surface area contributed by atoms with Crippen molar-refractivity contribution in [1.82, 2.24) is 29.2 Å². The zero-order valence-corrected chi connectivity index (χ0v) is 16.1. The standard InChI is InChI=1S/C22H22N6/c1-15-5-4-9-28-20(16(2)25-22(15)28)14-27-10-7-19-18(13-27)12-24-21(26-19)17-6-3-8-23-11-17/h3-6,8-9,11-12H,7,10,13-14H2,1-2H3. The minimum absolute atomic E-state index is 0.758. The van der Waals surface area contributed by atoms with E-state index in [9.17, 15) is 0 Å². The Labute approximate surface area is 163 Å². The highest BCUT2D eigenvalue weighted by molar-refractivity contribution is 5.53. The molecule has 1 aliphatic rings. The number of nitrogens with zero attached hydrogens (tertiary/aromatic N) is 6. The summed E-state index contributed by atoms with van der Waals surface area (Å²) in [5.41, 5.74) is 7.94. The zero-order valence-electron chi connectivity index (χ0n) is 16.1. The fourth-order valence-electron chi connectivity index (χ4n) is 3.91. The van der Waals surface area contributed by atoms with Crippen molar-refractivity contribution in [3.05, 3.63) is 77.3 Å². The van der Waals surface area contributed by atoms with Crippen LogP contribution in [0, 0.1) is 13.8 Å². The van der Waals surface area contributed by atoms with E-state index in [0.717, 1.165) is 54.5 Å². The maximum atomic E-state index is 4.80. The highest BCUT2D eigenvalue weighted by atomic mass is 15.2. The van der Waals surface area contributed by atoms with Gasteiger partial charge in [-0.3, -0.25) is 9.88 Å². The van der Waals surface area contributed by atoms with Gasteiger partial charge in [-0.25, -0.2) is 15.0 Å². The van der Waals surface area contributed by atoms with Gasteiger partial charge in [-0.1, -0.05) is 6.07 Å². The Balaban J connectivity index is 1.40. The van der Waals surface area contributed by atoms with Gasteiger partial charge in [0, 0.05) is 62.0 Å². The molecule has 0 unspecified atom stereocenters. The van der Waals surface area contributed by atoms with Gasteiger partial charge in [0.05, 0.1) is 17.1 Å². The molecule has 0 saturated carbocycles. The second-order valence-electron chi connectivity index (χ2n) is 7.40. The number of aromatic nitrogens is 5. The predicted molar refractivity (Wildman–Crippen MR) is 108 cm³/mol. The van der Waals surface area contributed by atoms with Crippen molar-refractivity contribution in [1.29, 1.82) is 0 Å². The number of hydrogen-bond donors (Lipinski definition) is 0. The Morgan fingerprint density at radius 1 is 1.07 bits per heavy atom. The van der Waals surface area contributed by atoms with E-state index in [1.54, 1.807) is 6.20 Å². The van der Waals surface area contributed by atoms with Crippen LogP contribution in [0.2, 0.25) is 0 Å². The van der Waals surface area contributed by atoms with E-state index in [-0.39, 0.29) is 0 Å². The van der Waals surface area contributed by atoms with Gasteiger partial charge in [-0.2, -0.15) is 0 Å². The minimum atomic E-state index is 0.758. The van der Waals surface area contributed by atoms with E-state index in [1.807, 2.05) is 24.5 Å². The number of rotatable bonds is 3. The molecule has 0 atom stereocenters. The maximum Gasteiger partial charge on any atom is 0.160 e. The first-order chi connectivity index (χ1) is 13.7. The largest absolute Gasteiger partial charge is 0.302 e. The number of pyridine rings is 2. The smallest absolute Gasteiger partial charge is 0.160 e. The van der Waals surface area contributed by atoms with Crippen LogP contribution in [-0.2, 0) is 19.5 Å². The lowest BCUT2D eigenvalue weighted by atomic mass is 10.1. The van der Waals surface area contributed by atoms with Crippen molar-refractivity contribution < 1.29 is 0 Å². The lowest BCUT2D eigenvalue weighted by Gasteiger charge is -2.28. The molecule has 0 fully saturated rings. The summed E-state index contributed by atoms with van der Waals surface area (Å²) < 4.78 is 2.22. The molecule has 0 aliphatic carbocycles. The lowest BCUT2D eigenvalue weighted by Crippen LogP contribution is -2.31. The first-order valence-corrected chi connectivity index (χ1v) is 9.60. The molecule has 4 aromatic heterocycles. The molecule has 0 saturated heterocycles. The van der Waals surface area contributed by atoms with Crippen LogP contribution in [0.3, 0.4) is 0 Å². The Morgan fingerprint density at radius 3 is 2.86 bits per heavy atom. The summed E-state index contributed by atoms with van der Waals surface area (Å²) in [4.78, 5) is 20.8. The second kappa shape index (κ2) is 6.80. The molecular formula is C22H22N6. The average Bonchev–Trinajstić information content (AvgIpc) is 3.05. The Morgan fingerprint density at radius 2 is 2.00 bits per heavy atom. The number of imidazole rings is 1. The van der Waals surface area contributed by atoms with Crippen LogP contribution in [-0.4, -0.2) is 35.8 Å². The van der Waals surface area contributed by atoms with Crippen LogP contribution in [0.4, 0.5) is 0 Å². The van der Waals surface area contributed by atoms with Gasteiger partial charge in [0.25, 0.3) is 0 Å². The van der Waals surface area contributed by atoms with Crippen LogP contribution in [0.5, 0.6) is 0 Å². The summed E-state index contributed by atoms with van der Waals surface area (Å²) in [6.45, 7) is 6.93. The van der Waals surface area contributed by atoms with Crippen LogP contribution < -0.4 is 0 Å². The van der Waals surface area contributed by atoms with E-state index >= 15 is 0 Å². The predicted octanol–water partition coefficient (Wildman–Crippen LogP) is 3.36. The molecule has 0 bridgehead atoms. The number of aryl methyl sites for hydroxylation is 2. The van der Waals surface area contributed by atoms with Gasteiger partial charge < -0.3 is 4.40 Å². The van der Waals surface area contributed by atoms with Crippen molar-refractivity contribution in [2.75, 3.05) is 6.54 Å². The highest BCUT2D eigenvalue weighted by Crippen LogP contribution is 2.23. The lowest BCUT2D eigenvalue weighted by molar-refractivity contribution is 0.239. The monoisotopic (exact) mass is 370 g/mol. The third kappa shape index (κ3) is 2.96. The maximum absolute atomic E-state index is 4.80. The van der Waals surface area contributed by atoms with Gasteiger partial charge in [0.1, 0.15) is 5.65 Å². The zero-order chi connectivity index (χ0) is 19.1. The first kappa shape index (κ1) is 17.0. The van der Waals surface area contributed by atoms with Crippen molar-refractivity contribution in [2.24, 2.45) is 0 Å². The van der Waals surface area contributed by atoms with E-state index < -0.39 is 0 Å². The first-order valence-electron chi connectivity index (χ1n) is 9.60. The molecule has 6 heteroatoms. The van der Waals surface area contributed by atoms with Crippen molar-refractivity contribution in [2.45, 2.75) is 33.4 Å². The summed E-state index contributed by atoms with van der Waals surface area (Å²) in [6.07, 6.45) is 8.59. The summed E-state index contributed by atoms with van der Waals surface area (Å²) >= 11 is 0. The van der Waals surface area contributed by atoms with Gasteiger partial charge >= 0.3 is 0 Å². The molecule has 0 amide bonds. The molecule has 28 heavy (non-hydrogen) atoms. The Kier molecular flexibility index (Phi) is 4.13. The van der Waals surface area contributed by atoms with E-state index in [1.165, 1.54) is 16.8 Å². The summed E-state index contributed by atoms with van der Waals surface area (Å²) in [5.74, 6) is 0.758. The van der Waals surface area contributed by atoms with E-state index in [0.29, 0.717) is 0 Å². The number of fused-ring (bicyclic) bond motifs is 2. The van der Waals surface area contributed by atoms with Crippen molar-refractivity contribution in [3.63, 3.8) is 0 Å². The number of hydrogen-bond acceptors (Lipinski definition) is 5. The van der Waals surface area contributed by atoms with Crippen LogP contribution >= 0.6 is 0 Å². The van der Waals surface area contributed by atoms with E-state index in [2.05, 4.69) is 51.4 Å². The minimum Gasteiger partial charge on any atom is -0.302 e. The summed E-state index contributed by atoms with van der Waals surface area (Å²) in [5, 5.41) is 0. The van der Waals surface area contributed by atoms with Crippen LogP contribution in [0.1, 0.15) is 28.2 Å². The van der Waals surface area contributed by atoms with E-state index in [4.69, 9.17) is 9.97 Å². The van der Waals surface area contributed by atoms with Gasteiger partial charge in [-0.05, 0) is 37.6 Å². The molecule has 5 rings (SSSR count). The van der Waals surface area contributed by atoms with Crippen LogP contribution in [0.15, 0.2) is 49.1 Å². The third-order valence-corrected chi connectivity index (χ3v) is 5.45. The normalized spacial score (nSPS) is 14.4. The molecule has 0 spiro atoms. The molecule has 0 radical (unpaired) electrons. The molecule has 140 valence electrons. The molecule has 5 heterocycles.